The van der Waals surface area contributed by atoms with Crippen LogP contribution in [-0.4, -0.2) is 31.5 Å². The largest absolute Gasteiger partial charge is 0.426 e. The van der Waals surface area contributed by atoms with Gasteiger partial charge in [0.15, 0.2) is 0 Å². The summed E-state index contributed by atoms with van der Waals surface area (Å²) in [6, 6.07) is 7.60. The first-order valence-electron chi connectivity index (χ1n) is 4.64. The van der Waals surface area contributed by atoms with Gasteiger partial charge >= 0.3 is 5.97 Å². The molecule has 0 radical (unpaired) electrons. The molecule has 0 spiro atoms. The van der Waals surface area contributed by atoms with Gasteiger partial charge in [-0.1, -0.05) is 18.2 Å². The van der Waals surface area contributed by atoms with E-state index in [-0.39, 0.29) is 11.9 Å². The van der Waals surface area contributed by atoms with Crippen LogP contribution in [0.15, 0.2) is 24.3 Å². The monoisotopic (exact) mass is 191 g/mol. The smallest absolute Gasteiger partial charge is 0.320 e. The molecule has 1 aliphatic rings. The summed E-state index contributed by atoms with van der Waals surface area (Å²) in [5.74, 6) is 0.449. The third kappa shape index (κ3) is 1.51. The number of nitrogens with zero attached hydrogens (tertiary/aromatic N) is 1. The number of esters is 1. The van der Waals surface area contributed by atoms with Crippen molar-refractivity contribution in [3.63, 3.8) is 0 Å². The highest BCUT2D eigenvalue weighted by Gasteiger charge is 2.32. The Morgan fingerprint density at radius 3 is 2.79 bits per heavy atom. The van der Waals surface area contributed by atoms with Gasteiger partial charge < -0.3 is 9.64 Å². The summed E-state index contributed by atoms with van der Waals surface area (Å²) in [6.45, 7) is 0.704. The second-order valence-electron chi connectivity index (χ2n) is 3.77. The van der Waals surface area contributed by atoms with Crippen LogP contribution in [0.5, 0.6) is 5.75 Å². The number of hydrogen-bond acceptors (Lipinski definition) is 3. The van der Waals surface area contributed by atoms with Crippen molar-refractivity contribution in [2.45, 2.75) is 5.92 Å². The Bertz CT molecular complexity index is 360. The van der Waals surface area contributed by atoms with E-state index in [1.807, 2.05) is 43.3 Å². The van der Waals surface area contributed by atoms with Gasteiger partial charge in [0.25, 0.3) is 0 Å². The molecule has 0 aromatic heterocycles. The Morgan fingerprint density at radius 1 is 1.36 bits per heavy atom. The third-order valence-corrected chi connectivity index (χ3v) is 2.34. The van der Waals surface area contributed by atoms with Crippen molar-refractivity contribution in [2.75, 3.05) is 20.6 Å². The first kappa shape index (κ1) is 9.21. The fourth-order valence-electron chi connectivity index (χ4n) is 1.71. The second kappa shape index (κ2) is 3.42. The molecule has 0 bridgehead atoms. The third-order valence-electron chi connectivity index (χ3n) is 2.34. The molecular formula is C11H13NO2. The zero-order valence-electron chi connectivity index (χ0n) is 8.36. The lowest BCUT2D eigenvalue weighted by atomic mass is 10.0. The van der Waals surface area contributed by atoms with Crippen LogP contribution in [0.2, 0.25) is 0 Å². The van der Waals surface area contributed by atoms with Crippen molar-refractivity contribution in [1.29, 1.82) is 0 Å². The van der Waals surface area contributed by atoms with Crippen LogP contribution >= 0.6 is 0 Å². The highest BCUT2D eigenvalue weighted by atomic mass is 16.5. The maximum Gasteiger partial charge on any atom is 0.320 e. The van der Waals surface area contributed by atoms with Gasteiger partial charge in [-0.3, -0.25) is 4.79 Å². The van der Waals surface area contributed by atoms with Crippen molar-refractivity contribution in [2.24, 2.45) is 0 Å². The zero-order chi connectivity index (χ0) is 10.1. The summed E-state index contributed by atoms with van der Waals surface area (Å²) < 4.78 is 5.15. The van der Waals surface area contributed by atoms with Gasteiger partial charge in [0.2, 0.25) is 0 Å². The SMILES string of the molecule is CN(C)CC1C(=O)Oc2ccccc21. The molecule has 1 atom stereocenters. The van der Waals surface area contributed by atoms with E-state index in [2.05, 4.69) is 0 Å². The summed E-state index contributed by atoms with van der Waals surface area (Å²) in [5.41, 5.74) is 1.01. The summed E-state index contributed by atoms with van der Waals surface area (Å²) in [5, 5.41) is 0. The van der Waals surface area contributed by atoms with E-state index < -0.39 is 0 Å². The molecule has 0 fully saturated rings. The molecule has 1 aromatic carbocycles. The Morgan fingerprint density at radius 2 is 2.07 bits per heavy atom. The number of carbonyl (C=O) groups excluding carboxylic acids is 1. The van der Waals surface area contributed by atoms with Crippen LogP contribution in [0.3, 0.4) is 0 Å². The number of rotatable bonds is 2. The highest BCUT2D eigenvalue weighted by Crippen LogP contribution is 2.34. The first-order chi connectivity index (χ1) is 6.68. The lowest BCUT2D eigenvalue weighted by Crippen LogP contribution is -2.24. The van der Waals surface area contributed by atoms with E-state index in [9.17, 15) is 4.79 Å². The van der Waals surface area contributed by atoms with Crippen LogP contribution in [0.25, 0.3) is 0 Å². The molecule has 74 valence electrons. The molecule has 1 heterocycles. The van der Waals surface area contributed by atoms with Crippen LogP contribution < -0.4 is 4.74 Å². The van der Waals surface area contributed by atoms with E-state index in [0.29, 0.717) is 12.3 Å². The molecule has 1 aliphatic heterocycles. The number of ether oxygens (including phenoxy) is 1. The summed E-state index contributed by atoms with van der Waals surface area (Å²) in [6.07, 6.45) is 0. The van der Waals surface area contributed by atoms with E-state index in [1.165, 1.54) is 0 Å². The van der Waals surface area contributed by atoms with Gasteiger partial charge in [0, 0.05) is 12.1 Å². The maximum atomic E-state index is 11.5. The molecule has 1 aromatic rings. The second-order valence-corrected chi connectivity index (χ2v) is 3.77. The van der Waals surface area contributed by atoms with Crippen molar-refractivity contribution in [1.82, 2.24) is 4.90 Å². The van der Waals surface area contributed by atoms with E-state index >= 15 is 0 Å². The summed E-state index contributed by atoms with van der Waals surface area (Å²) >= 11 is 0. The van der Waals surface area contributed by atoms with Gasteiger partial charge in [-0.2, -0.15) is 0 Å². The molecule has 3 nitrogen and oxygen atoms in total. The molecule has 0 aliphatic carbocycles. The van der Waals surface area contributed by atoms with Gasteiger partial charge in [-0.05, 0) is 20.2 Å². The number of para-hydroxylation sites is 1. The van der Waals surface area contributed by atoms with Crippen molar-refractivity contribution >= 4 is 5.97 Å². The van der Waals surface area contributed by atoms with Gasteiger partial charge in [0.1, 0.15) is 5.75 Å². The highest BCUT2D eigenvalue weighted by molar-refractivity contribution is 5.86. The van der Waals surface area contributed by atoms with Crippen molar-refractivity contribution < 1.29 is 9.53 Å². The number of hydrogen-bond donors (Lipinski definition) is 0. The molecule has 0 amide bonds. The van der Waals surface area contributed by atoms with Crippen molar-refractivity contribution in [3.05, 3.63) is 29.8 Å². The average Bonchev–Trinajstić information content (AvgIpc) is 2.43. The Balaban J connectivity index is 2.30. The van der Waals surface area contributed by atoms with Crippen LogP contribution in [0.4, 0.5) is 0 Å². The normalized spacial score (nSPS) is 19.6. The summed E-state index contributed by atoms with van der Waals surface area (Å²) in [7, 11) is 3.91. The number of fused-ring (bicyclic) bond motifs is 1. The number of benzene rings is 1. The maximum absolute atomic E-state index is 11.5. The van der Waals surface area contributed by atoms with Gasteiger partial charge in [-0.15, -0.1) is 0 Å². The minimum absolute atomic E-state index is 0.124. The van der Waals surface area contributed by atoms with E-state index in [4.69, 9.17) is 4.74 Å². The standard InChI is InChI=1S/C11H13NO2/c1-12(2)7-9-8-5-3-4-6-10(8)14-11(9)13/h3-6,9H,7H2,1-2H3. The Labute approximate surface area is 83.3 Å². The molecular weight excluding hydrogens is 178 g/mol. The first-order valence-corrected chi connectivity index (χ1v) is 4.64. The topological polar surface area (TPSA) is 29.5 Å². The van der Waals surface area contributed by atoms with Crippen LogP contribution in [0, 0.1) is 0 Å². The molecule has 1 unspecified atom stereocenters. The molecule has 14 heavy (non-hydrogen) atoms. The molecule has 0 N–H and O–H groups in total. The number of likely N-dealkylation sites (N-methyl/N-ethyl adjacent to an activating group) is 1. The van der Waals surface area contributed by atoms with E-state index in [0.717, 1.165) is 5.56 Å². The molecule has 0 saturated carbocycles. The summed E-state index contributed by atoms with van der Waals surface area (Å²) in [4.78, 5) is 13.5. The number of carbonyl (C=O) groups is 1. The molecule has 2 rings (SSSR count). The molecule has 0 saturated heterocycles. The average molecular weight is 191 g/mol. The fraction of sp³-hybridized carbons (Fsp3) is 0.364. The van der Waals surface area contributed by atoms with Crippen molar-refractivity contribution in [3.8, 4) is 5.75 Å². The molecule has 3 heteroatoms. The minimum Gasteiger partial charge on any atom is -0.426 e. The Hall–Kier alpha value is -1.35. The predicted molar refractivity (Wildman–Crippen MR) is 53.4 cm³/mol. The fourth-order valence-corrected chi connectivity index (χ4v) is 1.71. The predicted octanol–water partition coefficient (Wildman–Crippen LogP) is 1.25. The quantitative estimate of drug-likeness (QED) is 0.520. The van der Waals surface area contributed by atoms with Gasteiger partial charge in [0.05, 0.1) is 5.92 Å². The van der Waals surface area contributed by atoms with E-state index in [1.54, 1.807) is 0 Å². The zero-order valence-corrected chi connectivity index (χ0v) is 8.36. The van der Waals surface area contributed by atoms with Crippen LogP contribution in [-0.2, 0) is 4.79 Å². The van der Waals surface area contributed by atoms with Gasteiger partial charge in [-0.25, -0.2) is 0 Å². The van der Waals surface area contributed by atoms with Crippen LogP contribution in [0.1, 0.15) is 11.5 Å². The Kier molecular flexibility index (Phi) is 2.25. The lowest BCUT2D eigenvalue weighted by molar-refractivity contribution is -0.134. The lowest BCUT2D eigenvalue weighted by Gasteiger charge is -2.13. The minimum atomic E-state index is -0.139.